The zero-order valence-electron chi connectivity index (χ0n) is 10.8. The summed E-state index contributed by atoms with van der Waals surface area (Å²) < 4.78 is 0. The molecule has 1 aromatic heterocycles. The molecular formula is C18H12N2. The van der Waals surface area contributed by atoms with Crippen LogP contribution in [0.25, 0.3) is 22.3 Å². The lowest BCUT2D eigenvalue weighted by Gasteiger charge is -2.11. The first kappa shape index (κ1) is 12.1. The van der Waals surface area contributed by atoms with Crippen molar-refractivity contribution in [2.24, 2.45) is 0 Å². The summed E-state index contributed by atoms with van der Waals surface area (Å²) in [7, 11) is 0. The van der Waals surface area contributed by atoms with Crippen LogP contribution in [0.3, 0.4) is 0 Å². The minimum Gasteiger partial charge on any atom is -0.263 e. The van der Waals surface area contributed by atoms with Crippen molar-refractivity contribution < 1.29 is 0 Å². The predicted octanol–water partition coefficient (Wildman–Crippen LogP) is 4.29. The Labute approximate surface area is 118 Å². The Morgan fingerprint density at radius 3 is 1.95 bits per heavy atom. The van der Waals surface area contributed by atoms with Gasteiger partial charge in [-0.3, -0.25) is 4.98 Å². The van der Waals surface area contributed by atoms with Gasteiger partial charge in [0.2, 0.25) is 0 Å². The molecule has 0 aliphatic heterocycles. The molecule has 2 heteroatoms. The summed E-state index contributed by atoms with van der Waals surface area (Å²) in [6, 6.07) is 22.2. The van der Waals surface area contributed by atoms with Gasteiger partial charge in [-0.25, -0.2) is 0 Å². The molecule has 94 valence electrons. The number of rotatable bonds is 2. The van der Waals surface area contributed by atoms with Gasteiger partial charge in [0.25, 0.3) is 0 Å². The van der Waals surface area contributed by atoms with Crippen molar-refractivity contribution in [3.63, 3.8) is 0 Å². The van der Waals surface area contributed by atoms with E-state index in [0.29, 0.717) is 5.56 Å². The van der Waals surface area contributed by atoms with Crippen LogP contribution in [0.15, 0.2) is 73.1 Å². The second-order valence-corrected chi connectivity index (χ2v) is 4.45. The van der Waals surface area contributed by atoms with Crippen molar-refractivity contribution in [3.8, 4) is 28.3 Å². The van der Waals surface area contributed by atoms with Crippen molar-refractivity contribution in [2.45, 2.75) is 0 Å². The standard InChI is InChI=1S/C18H12N2/c19-11-16-12-20-13-17(14-7-3-1-4-8-14)18(16)15-9-5-2-6-10-15/h1-10,12-13H. The van der Waals surface area contributed by atoms with Gasteiger partial charge in [-0.2, -0.15) is 5.26 Å². The van der Waals surface area contributed by atoms with Crippen molar-refractivity contribution in [1.29, 1.82) is 5.26 Å². The molecule has 0 aliphatic rings. The van der Waals surface area contributed by atoms with E-state index in [2.05, 4.69) is 11.1 Å². The molecule has 0 fully saturated rings. The van der Waals surface area contributed by atoms with E-state index in [0.717, 1.165) is 22.3 Å². The number of nitriles is 1. The molecular weight excluding hydrogens is 244 g/mol. The Kier molecular flexibility index (Phi) is 3.26. The Morgan fingerprint density at radius 2 is 1.35 bits per heavy atom. The van der Waals surface area contributed by atoms with Gasteiger partial charge in [0.1, 0.15) is 6.07 Å². The summed E-state index contributed by atoms with van der Waals surface area (Å²) in [5.41, 5.74) is 4.61. The van der Waals surface area contributed by atoms with Gasteiger partial charge >= 0.3 is 0 Å². The first-order valence-electron chi connectivity index (χ1n) is 6.39. The molecule has 0 spiro atoms. The highest BCUT2D eigenvalue weighted by Crippen LogP contribution is 2.33. The van der Waals surface area contributed by atoms with Crippen LogP contribution >= 0.6 is 0 Å². The zero-order chi connectivity index (χ0) is 13.8. The summed E-state index contributed by atoms with van der Waals surface area (Å²) in [6.07, 6.45) is 3.44. The number of benzene rings is 2. The van der Waals surface area contributed by atoms with Crippen molar-refractivity contribution in [1.82, 2.24) is 4.98 Å². The van der Waals surface area contributed by atoms with Crippen LogP contribution < -0.4 is 0 Å². The highest BCUT2D eigenvalue weighted by Gasteiger charge is 2.12. The normalized spacial score (nSPS) is 9.95. The van der Waals surface area contributed by atoms with Crippen LogP contribution in [0.1, 0.15) is 5.56 Å². The minimum atomic E-state index is 0.595. The highest BCUT2D eigenvalue weighted by molar-refractivity contribution is 5.86. The highest BCUT2D eigenvalue weighted by atomic mass is 14.6. The fourth-order valence-corrected chi connectivity index (χ4v) is 2.30. The Balaban J connectivity index is 2.30. The summed E-state index contributed by atoms with van der Waals surface area (Å²) in [4.78, 5) is 4.20. The molecule has 0 bridgehead atoms. The third-order valence-corrected chi connectivity index (χ3v) is 3.21. The molecule has 3 rings (SSSR count). The Hall–Kier alpha value is -2.92. The van der Waals surface area contributed by atoms with Gasteiger partial charge in [0, 0.05) is 23.5 Å². The molecule has 1 heterocycles. The maximum Gasteiger partial charge on any atom is 0.101 e. The summed E-state index contributed by atoms with van der Waals surface area (Å²) in [5.74, 6) is 0. The molecule has 0 saturated heterocycles. The summed E-state index contributed by atoms with van der Waals surface area (Å²) >= 11 is 0. The lowest BCUT2D eigenvalue weighted by atomic mass is 9.93. The van der Waals surface area contributed by atoms with Crippen LogP contribution in [0.2, 0.25) is 0 Å². The van der Waals surface area contributed by atoms with Gasteiger partial charge in [-0.15, -0.1) is 0 Å². The monoisotopic (exact) mass is 256 g/mol. The van der Waals surface area contributed by atoms with E-state index < -0.39 is 0 Å². The van der Waals surface area contributed by atoms with Crippen LogP contribution in [0.4, 0.5) is 0 Å². The number of hydrogen-bond acceptors (Lipinski definition) is 2. The Morgan fingerprint density at radius 1 is 0.750 bits per heavy atom. The molecule has 0 unspecified atom stereocenters. The third-order valence-electron chi connectivity index (χ3n) is 3.21. The van der Waals surface area contributed by atoms with Gasteiger partial charge in [-0.05, 0) is 11.1 Å². The maximum absolute atomic E-state index is 9.36. The molecule has 20 heavy (non-hydrogen) atoms. The minimum absolute atomic E-state index is 0.595. The number of hydrogen-bond donors (Lipinski definition) is 0. The van der Waals surface area contributed by atoms with E-state index in [1.807, 2.05) is 66.9 Å². The van der Waals surface area contributed by atoms with E-state index in [4.69, 9.17) is 0 Å². The van der Waals surface area contributed by atoms with E-state index in [9.17, 15) is 5.26 Å². The average Bonchev–Trinajstić information content (AvgIpc) is 2.55. The van der Waals surface area contributed by atoms with E-state index in [-0.39, 0.29) is 0 Å². The Bertz CT molecular complexity index is 756. The fourth-order valence-electron chi connectivity index (χ4n) is 2.30. The molecule has 2 nitrogen and oxygen atoms in total. The van der Waals surface area contributed by atoms with Gasteiger partial charge < -0.3 is 0 Å². The molecule has 0 N–H and O–H groups in total. The van der Waals surface area contributed by atoms with Crippen molar-refractivity contribution in [3.05, 3.63) is 78.6 Å². The molecule has 0 aliphatic carbocycles. The van der Waals surface area contributed by atoms with Crippen LogP contribution in [0.5, 0.6) is 0 Å². The first-order chi connectivity index (χ1) is 9.90. The SMILES string of the molecule is N#Cc1cncc(-c2ccccc2)c1-c1ccccc1. The fraction of sp³-hybridized carbons (Fsp3) is 0. The van der Waals surface area contributed by atoms with E-state index in [1.165, 1.54) is 0 Å². The summed E-state index contributed by atoms with van der Waals surface area (Å²) in [6.45, 7) is 0. The third kappa shape index (κ3) is 2.17. The molecule has 0 amide bonds. The van der Waals surface area contributed by atoms with Crippen LogP contribution in [0, 0.1) is 11.3 Å². The van der Waals surface area contributed by atoms with E-state index >= 15 is 0 Å². The van der Waals surface area contributed by atoms with Gasteiger partial charge in [0.15, 0.2) is 0 Å². The molecule has 0 radical (unpaired) electrons. The maximum atomic E-state index is 9.36. The average molecular weight is 256 g/mol. The molecule has 0 saturated carbocycles. The number of pyridine rings is 1. The van der Waals surface area contributed by atoms with Crippen molar-refractivity contribution in [2.75, 3.05) is 0 Å². The second kappa shape index (κ2) is 5.38. The quantitative estimate of drug-likeness (QED) is 0.686. The lowest BCUT2D eigenvalue weighted by Crippen LogP contribution is -1.91. The number of aromatic nitrogens is 1. The zero-order valence-corrected chi connectivity index (χ0v) is 10.8. The molecule has 3 aromatic rings. The molecule has 0 atom stereocenters. The van der Waals surface area contributed by atoms with E-state index in [1.54, 1.807) is 6.20 Å². The van der Waals surface area contributed by atoms with Crippen molar-refractivity contribution >= 4 is 0 Å². The van der Waals surface area contributed by atoms with Crippen LogP contribution in [-0.2, 0) is 0 Å². The lowest BCUT2D eigenvalue weighted by molar-refractivity contribution is 1.30. The van der Waals surface area contributed by atoms with Gasteiger partial charge in [0.05, 0.1) is 5.56 Å². The topological polar surface area (TPSA) is 36.7 Å². The smallest absolute Gasteiger partial charge is 0.101 e. The van der Waals surface area contributed by atoms with Crippen LogP contribution in [-0.4, -0.2) is 4.98 Å². The number of nitrogens with zero attached hydrogens (tertiary/aromatic N) is 2. The molecule has 2 aromatic carbocycles. The predicted molar refractivity (Wildman–Crippen MR) is 79.8 cm³/mol. The first-order valence-corrected chi connectivity index (χ1v) is 6.39. The largest absolute Gasteiger partial charge is 0.263 e. The summed E-state index contributed by atoms with van der Waals surface area (Å²) in [5, 5.41) is 9.36. The second-order valence-electron chi connectivity index (χ2n) is 4.45. The van der Waals surface area contributed by atoms with Gasteiger partial charge in [-0.1, -0.05) is 60.7 Å².